The number of hydrogen-bond donors (Lipinski definition) is 1. The summed E-state index contributed by atoms with van der Waals surface area (Å²) in [5.41, 5.74) is 1.62. The van der Waals surface area contributed by atoms with Gasteiger partial charge in [-0.25, -0.2) is 18.2 Å². The minimum atomic E-state index is -3.83. The highest BCUT2D eigenvalue weighted by atomic mass is 35.5. The van der Waals surface area contributed by atoms with Gasteiger partial charge in [0, 0.05) is 29.2 Å². The Labute approximate surface area is 172 Å². The molecule has 0 bridgehead atoms. The first kappa shape index (κ1) is 20.3. The molecule has 0 aliphatic heterocycles. The van der Waals surface area contributed by atoms with E-state index in [1.165, 1.54) is 25.4 Å². The maximum absolute atomic E-state index is 13.3. The number of benzene rings is 1. The highest BCUT2D eigenvalue weighted by Crippen LogP contribution is 2.43. The van der Waals surface area contributed by atoms with Gasteiger partial charge in [-0.1, -0.05) is 29.8 Å². The largest absolute Gasteiger partial charge is 0.465 e. The van der Waals surface area contributed by atoms with Crippen LogP contribution in [0.4, 0.5) is 4.79 Å². The number of thiophene rings is 1. The highest BCUT2D eigenvalue weighted by Gasteiger charge is 2.29. The summed E-state index contributed by atoms with van der Waals surface area (Å²) in [6.45, 7) is 1.84. The van der Waals surface area contributed by atoms with Gasteiger partial charge in [0.15, 0.2) is 0 Å². The Bertz CT molecular complexity index is 1130. The van der Waals surface area contributed by atoms with Crippen LogP contribution in [-0.2, 0) is 16.4 Å². The molecular formula is C19H17ClN2O4S2. The maximum Gasteiger partial charge on any atom is 0.407 e. The lowest BCUT2D eigenvalue weighted by atomic mass is 10.1. The monoisotopic (exact) mass is 436 g/mol. The number of carbonyl (C=O) groups is 1. The number of aromatic nitrogens is 1. The van der Waals surface area contributed by atoms with Crippen molar-refractivity contribution in [3.8, 4) is 11.1 Å². The molecule has 3 aromatic rings. The van der Waals surface area contributed by atoms with Crippen molar-refractivity contribution in [2.75, 3.05) is 7.05 Å². The fraction of sp³-hybridized carbons (Fsp3) is 0.158. The normalized spacial score (nSPS) is 11.4. The lowest BCUT2D eigenvalue weighted by molar-refractivity contribution is 0.154. The number of halogens is 1. The van der Waals surface area contributed by atoms with Crippen molar-refractivity contribution in [3.63, 3.8) is 0 Å². The van der Waals surface area contributed by atoms with Gasteiger partial charge in [0.05, 0.1) is 11.4 Å². The standard InChI is InChI=1S/C19H17ClN2O4S2/c1-12-15(11-22(2)19(23)24)27-18(16(12)14-9-6-10-21-17(14)20)28(25,26)13-7-4-3-5-8-13/h3-10H,11H2,1-2H3,(H,23,24). The van der Waals surface area contributed by atoms with E-state index in [2.05, 4.69) is 4.98 Å². The molecule has 0 radical (unpaired) electrons. The van der Waals surface area contributed by atoms with Gasteiger partial charge < -0.3 is 10.0 Å². The average Bonchev–Trinajstić information content (AvgIpc) is 3.00. The molecule has 0 aliphatic rings. The van der Waals surface area contributed by atoms with Gasteiger partial charge in [-0.05, 0) is 36.8 Å². The minimum Gasteiger partial charge on any atom is -0.465 e. The molecule has 2 heterocycles. The zero-order chi connectivity index (χ0) is 20.5. The molecule has 146 valence electrons. The van der Waals surface area contributed by atoms with Crippen LogP contribution in [0.2, 0.25) is 5.15 Å². The Morgan fingerprint density at radius 1 is 1.21 bits per heavy atom. The van der Waals surface area contributed by atoms with Crippen LogP contribution in [-0.4, -0.2) is 36.5 Å². The molecule has 0 fully saturated rings. The molecule has 0 saturated heterocycles. The third kappa shape index (κ3) is 3.76. The van der Waals surface area contributed by atoms with E-state index in [0.717, 1.165) is 16.2 Å². The van der Waals surface area contributed by atoms with Crippen molar-refractivity contribution >= 4 is 38.9 Å². The van der Waals surface area contributed by atoms with Crippen LogP contribution in [0, 0.1) is 6.92 Å². The number of sulfone groups is 1. The van der Waals surface area contributed by atoms with E-state index in [1.54, 1.807) is 37.3 Å². The van der Waals surface area contributed by atoms with Crippen LogP contribution in [0.3, 0.4) is 0 Å². The summed E-state index contributed by atoms with van der Waals surface area (Å²) >= 11 is 7.32. The fourth-order valence-electron chi connectivity index (χ4n) is 2.75. The van der Waals surface area contributed by atoms with Crippen LogP contribution in [0.15, 0.2) is 57.8 Å². The molecule has 0 spiro atoms. The molecule has 1 aromatic carbocycles. The first-order valence-electron chi connectivity index (χ1n) is 8.20. The molecule has 0 atom stereocenters. The number of nitrogens with zero attached hydrogens (tertiary/aromatic N) is 2. The molecule has 28 heavy (non-hydrogen) atoms. The number of amides is 1. The summed E-state index contributed by atoms with van der Waals surface area (Å²) < 4.78 is 26.8. The second-order valence-corrected chi connectivity index (χ2v) is 9.72. The van der Waals surface area contributed by atoms with E-state index in [-0.39, 0.29) is 20.8 Å². The van der Waals surface area contributed by atoms with Crippen molar-refractivity contribution in [1.82, 2.24) is 9.88 Å². The molecule has 3 rings (SSSR count). The van der Waals surface area contributed by atoms with Crippen molar-refractivity contribution < 1.29 is 18.3 Å². The third-order valence-electron chi connectivity index (χ3n) is 4.25. The van der Waals surface area contributed by atoms with E-state index in [1.807, 2.05) is 0 Å². The van der Waals surface area contributed by atoms with Gasteiger partial charge in [-0.2, -0.15) is 0 Å². The van der Waals surface area contributed by atoms with Gasteiger partial charge >= 0.3 is 6.09 Å². The number of hydrogen-bond acceptors (Lipinski definition) is 5. The molecule has 6 nitrogen and oxygen atoms in total. The minimum absolute atomic E-state index is 0.0705. The fourth-order valence-corrected chi connectivity index (χ4v) is 6.35. The number of pyridine rings is 1. The van der Waals surface area contributed by atoms with E-state index in [9.17, 15) is 18.3 Å². The van der Waals surface area contributed by atoms with Gasteiger partial charge in [0.25, 0.3) is 0 Å². The Morgan fingerprint density at radius 2 is 1.89 bits per heavy atom. The zero-order valence-electron chi connectivity index (χ0n) is 15.1. The summed E-state index contributed by atoms with van der Waals surface area (Å²) in [4.78, 5) is 17.2. The predicted octanol–water partition coefficient (Wildman–Crippen LogP) is 4.71. The van der Waals surface area contributed by atoms with Crippen molar-refractivity contribution in [1.29, 1.82) is 0 Å². The van der Waals surface area contributed by atoms with Crippen LogP contribution in [0.25, 0.3) is 11.1 Å². The second-order valence-electron chi connectivity index (χ2n) is 6.11. The summed E-state index contributed by atoms with van der Waals surface area (Å²) in [6.07, 6.45) is 0.430. The Morgan fingerprint density at radius 3 is 2.50 bits per heavy atom. The average molecular weight is 437 g/mol. The Hall–Kier alpha value is -2.42. The van der Waals surface area contributed by atoms with Crippen LogP contribution < -0.4 is 0 Å². The molecule has 2 aromatic heterocycles. The van der Waals surface area contributed by atoms with Crippen molar-refractivity contribution in [2.24, 2.45) is 0 Å². The molecular weight excluding hydrogens is 420 g/mol. The molecule has 1 amide bonds. The second kappa shape index (κ2) is 7.90. The SMILES string of the molecule is Cc1c(CN(C)C(=O)O)sc(S(=O)(=O)c2ccccc2)c1-c1cccnc1Cl. The van der Waals surface area contributed by atoms with E-state index in [4.69, 9.17) is 11.6 Å². The van der Waals surface area contributed by atoms with Crippen molar-refractivity contribution in [3.05, 3.63) is 64.3 Å². The smallest absolute Gasteiger partial charge is 0.407 e. The van der Waals surface area contributed by atoms with E-state index >= 15 is 0 Å². The van der Waals surface area contributed by atoms with Crippen LogP contribution >= 0.6 is 22.9 Å². The molecule has 0 unspecified atom stereocenters. The molecule has 0 saturated carbocycles. The van der Waals surface area contributed by atoms with Gasteiger partial charge in [0.2, 0.25) is 9.84 Å². The van der Waals surface area contributed by atoms with E-state index < -0.39 is 15.9 Å². The summed E-state index contributed by atoms with van der Waals surface area (Å²) in [5.74, 6) is 0. The molecule has 9 heteroatoms. The van der Waals surface area contributed by atoms with Crippen molar-refractivity contribution in [2.45, 2.75) is 22.6 Å². The van der Waals surface area contributed by atoms with Crippen LogP contribution in [0.1, 0.15) is 10.4 Å². The van der Waals surface area contributed by atoms with Gasteiger partial charge in [-0.3, -0.25) is 0 Å². The van der Waals surface area contributed by atoms with Gasteiger partial charge in [-0.15, -0.1) is 11.3 Å². The maximum atomic E-state index is 13.3. The Balaban J connectivity index is 2.27. The van der Waals surface area contributed by atoms with Crippen LogP contribution in [0.5, 0.6) is 0 Å². The number of rotatable bonds is 5. The summed E-state index contributed by atoms with van der Waals surface area (Å²) in [5, 5.41) is 9.38. The predicted molar refractivity (Wildman–Crippen MR) is 109 cm³/mol. The first-order valence-corrected chi connectivity index (χ1v) is 10.9. The molecule has 0 aliphatic carbocycles. The summed E-state index contributed by atoms with van der Waals surface area (Å²) in [7, 11) is -2.39. The quantitative estimate of drug-likeness (QED) is 0.585. The topological polar surface area (TPSA) is 87.6 Å². The van der Waals surface area contributed by atoms with E-state index in [0.29, 0.717) is 21.6 Å². The lowest BCUT2D eigenvalue weighted by Crippen LogP contribution is -2.23. The highest BCUT2D eigenvalue weighted by molar-refractivity contribution is 7.93. The number of carboxylic acid groups (broad SMARTS) is 1. The third-order valence-corrected chi connectivity index (χ3v) is 8.11. The summed E-state index contributed by atoms with van der Waals surface area (Å²) in [6, 6.07) is 11.5. The zero-order valence-corrected chi connectivity index (χ0v) is 17.5. The van der Waals surface area contributed by atoms with Gasteiger partial charge in [0.1, 0.15) is 9.36 Å². The lowest BCUT2D eigenvalue weighted by Gasteiger charge is -2.12. The first-order chi connectivity index (χ1) is 13.2. The molecule has 1 N–H and O–H groups in total. The Kier molecular flexibility index (Phi) is 5.74.